The summed E-state index contributed by atoms with van der Waals surface area (Å²) in [5, 5.41) is 16.8. The Balaban J connectivity index is 1.46. The van der Waals surface area contributed by atoms with Crippen LogP contribution in [0.1, 0.15) is 51.3 Å². The molecule has 0 bridgehead atoms. The summed E-state index contributed by atoms with van der Waals surface area (Å²) in [6.45, 7) is 8.15. The van der Waals surface area contributed by atoms with Crippen LogP contribution in [0.3, 0.4) is 0 Å². The molecule has 2 aromatic heterocycles. The average Bonchev–Trinajstić information content (AvgIpc) is 3.55. The van der Waals surface area contributed by atoms with Crippen molar-refractivity contribution in [2.45, 2.75) is 39.5 Å². The first-order chi connectivity index (χ1) is 16.5. The molecule has 170 valence electrons. The number of hydrogen-bond donors (Lipinski definition) is 0. The molecule has 0 unspecified atom stereocenters. The summed E-state index contributed by atoms with van der Waals surface area (Å²) in [4.78, 5) is 0. The molecule has 6 heteroatoms. The molecule has 0 fully saturated rings. The van der Waals surface area contributed by atoms with Crippen LogP contribution in [0.5, 0.6) is 0 Å². The molecule has 0 aliphatic heterocycles. The molecule has 6 nitrogen and oxygen atoms in total. The lowest BCUT2D eigenvalue weighted by Gasteiger charge is -2.08. The molecule has 3 aromatic carbocycles. The molecule has 0 amide bonds. The van der Waals surface area contributed by atoms with E-state index in [1.165, 1.54) is 0 Å². The predicted octanol–water partition coefficient (Wildman–Crippen LogP) is 7.37. The van der Waals surface area contributed by atoms with Gasteiger partial charge in [0, 0.05) is 23.0 Å². The Hall–Kier alpha value is -4.06. The second-order valence-corrected chi connectivity index (χ2v) is 8.94. The standard InChI is InChI=1S/C28H26N4O2/c1-17(2)25-29-31-27(33-25)23-12-6-10-21(15-23)19-8-5-9-20(14-19)22-11-7-13-24(16-22)28-32-30-26(34-28)18(3)4/h5-18H,1-4H3. The Morgan fingerprint density at radius 3 is 1.12 bits per heavy atom. The number of nitrogens with zero attached hydrogens (tertiary/aromatic N) is 4. The maximum absolute atomic E-state index is 5.84. The molecule has 34 heavy (non-hydrogen) atoms. The zero-order chi connectivity index (χ0) is 23.7. The van der Waals surface area contributed by atoms with E-state index >= 15 is 0 Å². The van der Waals surface area contributed by atoms with Crippen LogP contribution in [-0.4, -0.2) is 20.4 Å². The molecular weight excluding hydrogens is 424 g/mol. The summed E-state index contributed by atoms with van der Waals surface area (Å²) in [7, 11) is 0. The molecule has 2 heterocycles. The molecule has 0 spiro atoms. The van der Waals surface area contributed by atoms with Crippen LogP contribution in [0, 0.1) is 0 Å². The fraction of sp³-hybridized carbons (Fsp3) is 0.214. The Morgan fingerprint density at radius 1 is 0.471 bits per heavy atom. The Bertz CT molecular complexity index is 1330. The van der Waals surface area contributed by atoms with E-state index in [4.69, 9.17) is 8.83 Å². The van der Waals surface area contributed by atoms with Crippen molar-refractivity contribution < 1.29 is 8.83 Å². The summed E-state index contributed by atoms with van der Waals surface area (Å²) in [6, 6.07) is 24.8. The molecule has 0 saturated carbocycles. The highest BCUT2D eigenvalue weighted by molar-refractivity contribution is 5.77. The van der Waals surface area contributed by atoms with E-state index in [-0.39, 0.29) is 11.8 Å². The first-order valence-corrected chi connectivity index (χ1v) is 11.5. The van der Waals surface area contributed by atoms with Crippen molar-refractivity contribution in [2.24, 2.45) is 0 Å². The van der Waals surface area contributed by atoms with Crippen LogP contribution in [0.2, 0.25) is 0 Å². The molecule has 0 atom stereocenters. The molecule has 5 aromatic rings. The van der Waals surface area contributed by atoms with Crippen LogP contribution in [0.25, 0.3) is 45.2 Å². The topological polar surface area (TPSA) is 77.8 Å². The smallest absolute Gasteiger partial charge is 0.247 e. The van der Waals surface area contributed by atoms with E-state index < -0.39 is 0 Å². The minimum Gasteiger partial charge on any atom is -0.420 e. The van der Waals surface area contributed by atoms with Gasteiger partial charge in [0.05, 0.1) is 0 Å². The quantitative estimate of drug-likeness (QED) is 0.269. The Morgan fingerprint density at radius 2 is 0.794 bits per heavy atom. The Labute approximate surface area is 198 Å². The molecule has 0 saturated heterocycles. The zero-order valence-corrected chi connectivity index (χ0v) is 19.7. The lowest BCUT2D eigenvalue weighted by molar-refractivity contribution is 0.481. The number of rotatable bonds is 6. The number of benzene rings is 3. The van der Waals surface area contributed by atoms with Gasteiger partial charge in [0.25, 0.3) is 0 Å². The van der Waals surface area contributed by atoms with Crippen molar-refractivity contribution in [3.8, 4) is 45.2 Å². The second kappa shape index (κ2) is 9.06. The van der Waals surface area contributed by atoms with E-state index in [1.807, 2.05) is 52.0 Å². The first-order valence-electron chi connectivity index (χ1n) is 11.5. The minimum absolute atomic E-state index is 0.195. The van der Waals surface area contributed by atoms with Gasteiger partial charge in [-0.15, -0.1) is 20.4 Å². The lowest BCUT2D eigenvalue weighted by atomic mass is 9.97. The third-order valence-corrected chi connectivity index (χ3v) is 5.62. The van der Waals surface area contributed by atoms with E-state index in [2.05, 4.69) is 68.9 Å². The average molecular weight is 451 g/mol. The van der Waals surface area contributed by atoms with Crippen molar-refractivity contribution in [1.82, 2.24) is 20.4 Å². The summed E-state index contributed by atoms with van der Waals surface area (Å²) in [5.41, 5.74) is 6.18. The maximum Gasteiger partial charge on any atom is 0.247 e. The lowest BCUT2D eigenvalue weighted by Crippen LogP contribution is -1.85. The van der Waals surface area contributed by atoms with Gasteiger partial charge in [0.2, 0.25) is 23.6 Å². The van der Waals surface area contributed by atoms with Crippen LogP contribution >= 0.6 is 0 Å². The van der Waals surface area contributed by atoms with Crippen molar-refractivity contribution in [1.29, 1.82) is 0 Å². The van der Waals surface area contributed by atoms with Crippen LogP contribution in [-0.2, 0) is 0 Å². The van der Waals surface area contributed by atoms with E-state index in [9.17, 15) is 0 Å². The second-order valence-electron chi connectivity index (χ2n) is 8.94. The molecule has 5 rings (SSSR count). The fourth-order valence-electron chi connectivity index (χ4n) is 3.71. The van der Waals surface area contributed by atoms with Crippen LogP contribution in [0.15, 0.2) is 81.6 Å². The highest BCUT2D eigenvalue weighted by Gasteiger charge is 2.14. The maximum atomic E-state index is 5.84. The molecule has 0 radical (unpaired) electrons. The van der Waals surface area contributed by atoms with Gasteiger partial charge in [-0.2, -0.15) is 0 Å². The van der Waals surface area contributed by atoms with Gasteiger partial charge in [-0.1, -0.05) is 70.2 Å². The van der Waals surface area contributed by atoms with Crippen molar-refractivity contribution in [3.05, 3.63) is 84.6 Å². The van der Waals surface area contributed by atoms with Crippen LogP contribution < -0.4 is 0 Å². The highest BCUT2D eigenvalue weighted by Crippen LogP contribution is 2.31. The fourth-order valence-corrected chi connectivity index (χ4v) is 3.71. The first kappa shape index (κ1) is 21.8. The minimum atomic E-state index is 0.195. The molecule has 0 aliphatic carbocycles. The monoisotopic (exact) mass is 450 g/mol. The van der Waals surface area contributed by atoms with E-state index in [1.54, 1.807) is 0 Å². The normalized spacial score (nSPS) is 11.5. The van der Waals surface area contributed by atoms with Gasteiger partial charge in [0.15, 0.2) is 0 Å². The van der Waals surface area contributed by atoms with Gasteiger partial charge in [-0.05, 0) is 52.6 Å². The van der Waals surface area contributed by atoms with E-state index in [0.717, 1.165) is 33.4 Å². The Kier molecular flexibility index (Phi) is 5.80. The third kappa shape index (κ3) is 4.39. The largest absolute Gasteiger partial charge is 0.420 e. The van der Waals surface area contributed by atoms with Crippen molar-refractivity contribution >= 4 is 0 Å². The third-order valence-electron chi connectivity index (χ3n) is 5.62. The predicted molar refractivity (Wildman–Crippen MR) is 132 cm³/mol. The number of hydrogen-bond acceptors (Lipinski definition) is 6. The zero-order valence-electron chi connectivity index (χ0n) is 19.7. The number of aromatic nitrogens is 4. The van der Waals surface area contributed by atoms with Crippen molar-refractivity contribution in [3.63, 3.8) is 0 Å². The molecule has 0 N–H and O–H groups in total. The highest BCUT2D eigenvalue weighted by atomic mass is 16.4. The van der Waals surface area contributed by atoms with Crippen LogP contribution in [0.4, 0.5) is 0 Å². The molecular formula is C28H26N4O2. The summed E-state index contributed by atoms with van der Waals surface area (Å²) in [5.74, 6) is 2.75. The summed E-state index contributed by atoms with van der Waals surface area (Å²) < 4.78 is 11.7. The van der Waals surface area contributed by atoms with Gasteiger partial charge >= 0.3 is 0 Å². The van der Waals surface area contributed by atoms with Gasteiger partial charge in [0.1, 0.15) is 0 Å². The van der Waals surface area contributed by atoms with Crippen molar-refractivity contribution in [2.75, 3.05) is 0 Å². The molecule has 0 aliphatic rings. The summed E-state index contributed by atoms with van der Waals surface area (Å²) >= 11 is 0. The van der Waals surface area contributed by atoms with Gasteiger partial charge in [-0.25, -0.2) is 0 Å². The van der Waals surface area contributed by atoms with Gasteiger partial charge in [-0.3, -0.25) is 0 Å². The SMILES string of the molecule is CC(C)c1nnc(-c2cccc(-c3cccc(-c4cccc(-c5nnc(C(C)C)o5)c4)c3)c2)o1. The van der Waals surface area contributed by atoms with Gasteiger partial charge < -0.3 is 8.83 Å². The van der Waals surface area contributed by atoms with E-state index in [0.29, 0.717) is 23.6 Å². The summed E-state index contributed by atoms with van der Waals surface area (Å²) in [6.07, 6.45) is 0.